The van der Waals surface area contributed by atoms with Crippen molar-refractivity contribution in [2.75, 3.05) is 0 Å². The van der Waals surface area contributed by atoms with Crippen LogP contribution >= 0.6 is 11.6 Å². The van der Waals surface area contributed by atoms with E-state index in [1.807, 2.05) is 18.2 Å². The summed E-state index contributed by atoms with van der Waals surface area (Å²) >= 11 is 6.17. The van der Waals surface area contributed by atoms with Gasteiger partial charge in [0.05, 0.1) is 0 Å². The van der Waals surface area contributed by atoms with Gasteiger partial charge in [0, 0.05) is 17.6 Å². The van der Waals surface area contributed by atoms with Crippen molar-refractivity contribution in [2.24, 2.45) is 0 Å². The van der Waals surface area contributed by atoms with Crippen molar-refractivity contribution >= 4 is 11.6 Å². The molecule has 19 heavy (non-hydrogen) atoms. The first-order valence-corrected chi connectivity index (χ1v) is 6.99. The number of halogens is 1. The summed E-state index contributed by atoms with van der Waals surface area (Å²) in [5, 5.41) is 4.35. The molecule has 0 fully saturated rings. The quantitative estimate of drug-likeness (QED) is 0.843. The largest absolute Gasteiger partial charge is 0.306 e. The summed E-state index contributed by atoms with van der Waals surface area (Å²) in [5.74, 6) is 0. The van der Waals surface area contributed by atoms with Crippen LogP contribution in [0.4, 0.5) is 0 Å². The molecule has 100 valence electrons. The third kappa shape index (κ3) is 3.59. The molecule has 1 N–H and O–H groups in total. The van der Waals surface area contributed by atoms with E-state index in [4.69, 9.17) is 11.6 Å². The van der Waals surface area contributed by atoms with Crippen molar-refractivity contribution in [1.29, 1.82) is 0 Å². The van der Waals surface area contributed by atoms with Crippen molar-refractivity contribution in [3.05, 3.63) is 69.7 Å². The lowest BCUT2D eigenvalue weighted by Crippen LogP contribution is -2.19. The second-order valence-corrected chi connectivity index (χ2v) is 5.46. The van der Waals surface area contributed by atoms with E-state index >= 15 is 0 Å². The molecule has 0 aliphatic heterocycles. The molecule has 1 atom stereocenters. The Labute approximate surface area is 120 Å². The normalized spacial score (nSPS) is 12.4. The second kappa shape index (κ2) is 6.23. The molecular formula is C17H20ClN. The summed E-state index contributed by atoms with van der Waals surface area (Å²) < 4.78 is 0. The first-order valence-electron chi connectivity index (χ1n) is 6.62. The molecule has 0 radical (unpaired) electrons. The van der Waals surface area contributed by atoms with Crippen molar-refractivity contribution in [2.45, 2.75) is 33.4 Å². The zero-order valence-corrected chi connectivity index (χ0v) is 12.5. The summed E-state index contributed by atoms with van der Waals surface area (Å²) in [4.78, 5) is 0. The zero-order chi connectivity index (χ0) is 13.8. The first kappa shape index (κ1) is 14.1. The zero-order valence-electron chi connectivity index (χ0n) is 11.7. The van der Waals surface area contributed by atoms with Gasteiger partial charge in [-0.05, 0) is 43.5 Å². The van der Waals surface area contributed by atoms with Crippen LogP contribution in [-0.4, -0.2) is 0 Å². The summed E-state index contributed by atoms with van der Waals surface area (Å²) in [6, 6.07) is 14.9. The van der Waals surface area contributed by atoms with Gasteiger partial charge < -0.3 is 5.32 Å². The highest BCUT2D eigenvalue weighted by atomic mass is 35.5. The van der Waals surface area contributed by atoms with Gasteiger partial charge in [0.15, 0.2) is 0 Å². The van der Waals surface area contributed by atoms with E-state index in [2.05, 4.69) is 50.4 Å². The molecule has 0 bridgehead atoms. The van der Waals surface area contributed by atoms with E-state index in [1.165, 1.54) is 16.7 Å². The average molecular weight is 274 g/mol. The van der Waals surface area contributed by atoms with E-state index < -0.39 is 0 Å². The Balaban J connectivity index is 2.05. The lowest BCUT2D eigenvalue weighted by molar-refractivity contribution is 0.572. The van der Waals surface area contributed by atoms with Crippen molar-refractivity contribution in [1.82, 2.24) is 5.32 Å². The maximum absolute atomic E-state index is 6.17. The fourth-order valence-electron chi connectivity index (χ4n) is 2.33. The van der Waals surface area contributed by atoms with Gasteiger partial charge in [-0.25, -0.2) is 0 Å². The number of nitrogens with one attached hydrogen (secondary N) is 1. The molecule has 0 spiro atoms. The number of hydrogen-bond donors (Lipinski definition) is 1. The fourth-order valence-corrected chi connectivity index (χ4v) is 2.53. The smallest absolute Gasteiger partial charge is 0.0450 e. The topological polar surface area (TPSA) is 12.0 Å². The minimum Gasteiger partial charge on any atom is -0.306 e. The van der Waals surface area contributed by atoms with Gasteiger partial charge in [0.1, 0.15) is 0 Å². The minimum absolute atomic E-state index is 0.317. The lowest BCUT2D eigenvalue weighted by Gasteiger charge is -2.17. The van der Waals surface area contributed by atoms with Crippen LogP contribution < -0.4 is 5.32 Å². The number of aryl methyl sites for hydroxylation is 2. The van der Waals surface area contributed by atoms with Crippen molar-refractivity contribution in [3.8, 4) is 0 Å². The van der Waals surface area contributed by atoms with Crippen LogP contribution in [-0.2, 0) is 6.54 Å². The summed E-state index contributed by atoms with van der Waals surface area (Å²) in [6.07, 6.45) is 0. The molecule has 0 aliphatic carbocycles. The molecule has 0 saturated carbocycles. The highest BCUT2D eigenvalue weighted by Crippen LogP contribution is 2.20. The first-order chi connectivity index (χ1) is 9.08. The van der Waals surface area contributed by atoms with Crippen LogP contribution in [0.3, 0.4) is 0 Å². The SMILES string of the molecule is Cc1ccc(C(C)NCc2ccccc2Cl)c(C)c1. The molecule has 0 heterocycles. The number of benzene rings is 2. The molecule has 0 aliphatic rings. The lowest BCUT2D eigenvalue weighted by atomic mass is 10.00. The highest BCUT2D eigenvalue weighted by Gasteiger charge is 2.08. The molecule has 0 saturated heterocycles. The van der Waals surface area contributed by atoms with E-state index in [0.29, 0.717) is 6.04 Å². The Kier molecular flexibility index (Phi) is 4.62. The third-order valence-electron chi connectivity index (χ3n) is 3.45. The van der Waals surface area contributed by atoms with E-state index in [9.17, 15) is 0 Å². The van der Waals surface area contributed by atoms with E-state index in [-0.39, 0.29) is 0 Å². The molecule has 2 aromatic rings. The number of rotatable bonds is 4. The van der Waals surface area contributed by atoms with Crippen LogP contribution in [0.15, 0.2) is 42.5 Å². The molecule has 2 rings (SSSR count). The van der Waals surface area contributed by atoms with Gasteiger partial charge >= 0.3 is 0 Å². The van der Waals surface area contributed by atoms with Crippen LogP contribution in [0.1, 0.15) is 35.2 Å². The predicted octanol–water partition coefficient (Wildman–Crippen LogP) is 4.81. The summed E-state index contributed by atoms with van der Waals surface area (Å²) in [6.45, 7) is 7.26. The predicted molar refractivity (Wildman–Crippen MR) is 82.6 cm³/mol. The van der Waals surface area contributed by atoms with E-state index in [0.717, 1.165) is 17.1 Å². The highest BCUT2D eigenvalue weighted by molar-refractivity contribution is 6.31. The summed E-state index contributed by atoms with van der Waals surface area (Å²) in [7, 11) is 0. The van der Waals surface area contributed by atoms with Gasteiger partial charge in [0.25, 0.3) is 0 Å². The van der Waals surface area contributed by atoms with Crippen molar-refractivity contribution < 1.29 is 0 Å². The Morgan fingerprint density at radius 3 is 2.53 bits per heavy atom. The van der Waals surface area contributed by atoms with Crippen LogP contribution in [0.25, 0.3) is 0 Å². The Morgan fingerprint density at radius 1 is 1.11 bits per heavy atom. The fraction of sp³-hybridized carbons (Fsp3) is 0.294. The maximum atomic E-state index is 6.17. The Morgan fingerprint density at radius 2 is 1.84 bits per heavy atom. The number of hydrogen-bond acceptors (Lipinski definition) is 1. The Bertz CT molecular complexity index is 563. The second-order valence-electron chi connectivity index (χ2n) is 5.05. The molecule has 2 heteroatoms. The van der Waals surface area contributed by atoms with Gasteiger partial charge in [-0.1, -0.05) is 53.6 Å². The Hall–Kier alpha value is -1.31. The maximum Gasteiger partial charge on any atom is 0.0450 e. The van der Waals surface area contributed by atoms with Gasteiger partial charge in [-0.2, -0.15) is 0 Å². The van der Waals surface area contributed by atoms with Crippen molar-refractivity contribution in [3.63, 3.8) is 0 Å². The van der Waals surface area contributed by atoms with Crippen LogP contribution in [0, 0.1) is 13.8 Å². The van der Waals surface area contributed by atoms with Crippen LogP contribution in [0.5, 0.6) is 0 Å². The third-order valence-corrected chi connectivity index (χ3v) is 3.82. The van der Waals surface area contributed by atoms with Gasteiger partial charge in [0.2, 0.25) is 0 Å². The molecule has 1 nitrogen and oxygen atoms in total. The van der Waals surface area contributed by atoms with Crippen LogP contribution in [0.2, 0.25) is 5.02 Å². The van der Waals surface area contributed by atoms with E-state index in [1.54, 1.807) is 0 Å². The molecule has 0 aromatic heterocycles. The molecule has 2 aromatic carbocycles. The molecule has 1 unspecified atom stereocenters. The van der Waals surface area contributed by atoms with Gasteiger partial charge in [-0.3, -0.25) is 0 Å². The molecular weight excluding hydrogens is 254 g/mol. The standard InChI is InChI=1S/C17H20ClN/c1-12-8-9-16(13(2)10-12)14(3)19-11-15-6-4-5-7-17(15)18/h4-10,14,19H,11H2,1-3H3. The average Bonchev–Trinajstić information content (AvgIpc) is 2.37. The monoisotopic (exact) mass is 273 g/mol. The van der Waals surface area contributed by atoms with Gasteiger partial charge in [-0.15, -0.1) is 0 Å². The molecule has 0 amide bonds. The minimum atomic E-state index is 0.317. The summed E-state index contributed by atoms with van der Waals surface area (Å²) in [5.41, 5.74) is 5.12.